The van der Waals surface area contributed by atoms with Gasteiger partial charge in [0.05, 0.1) is 23.3 Å². The second-order valence-electron chi connectivity index (χ2n) is 7.31. The molecule has 5 rings (SSSR count). The van der Waals surface area contributed by atoms with Gasteiger partial charge in [0.15, 0.2) is 5.13 Å². The van der Waals surface area contributed by atoms with Crippen LogP contribution >= 0.6 is 22.7 Å². The first kappa shape index (κ1) is 17.1. The molecule has 0 atom stereocenters. The lowest BCUT2D eigenvalue weighted by Gasteiger charge is -2.40. The van der Waals surface area contributed by atoms with E-state index in [1.54, 1.807) is 17.4 Å². The summed E-state index contributed by atoms with van der Waals surface area (Å²) in [5.41, 5.74) is 0.363. The summed E-state index contributed by atoms with van der Waals surface area (Å²) in [6, 6.07) is 8.71. The number of thiophene rings is 1. The smallest absolute Gasteiger partial charge is 0.317 e. The number of nitrogens with zero attached hydrogens (tertiary/aromatic N) is 2. The van der Waals surface area contributed by atoms with Crippen LogP contribution in [0, 0.1) is 5.82 Å². The molecule has 0 radical (unpaired) electrons. The molecule has 2 aromatic heterocycles. The normalized spacial score (nSPS) is 19.4. The first-order valence-corrected chi connectivity index (χ1v) is 10.9. The highest BCUT2D eigenvalue weighted by Crippen LogP contribution is 2.44. The van der Waals surface area contributed by atoms with Gasteiger partial charge in [0, 0.05) is 4.88 Å². The molecule has 3 heterocycles. The first-order chi connectivity index (χ1) is 13.1. The van der Waals surface area contributed by atoms with Gasteiger partial charge in [-0.3, -0.25) is 4.79 Å². The van der Waals surface area contributed by atoms with Crippen molar-refractivity contribution in [1.29, 1.82) is 0 Å². The lowest BCUT2D eigenvalue weighted by atomic mass is 9.84. The molecular formula is C20H19FN2O2S2. The van der Waals surface area contributed by atoms with E-state index in [4.69, 9.17) is 4.74 Å². The Labute approximate surface area is 164 Å². The van der Waals surface area contributed by atoms with Crippen LogP contribution in [0.1, 0.15) is 30.6 Å². The lowest BCUT2D eigenvalue weighted by Crippen LogP contribution is -2.54. The summed E-state index contributed by atoms with van der Waals surface area (Å²) in [4.78, 5) is 20.8. The number of carbonyl (C=O) groups is 1. The predicted octanol–water partition coefficient (Wildman–Crippen LogP) is 4.74. The fraction of sp³-hybridized carbons (Fsp3) is 0.400. The van der Waals surface area contributed by atoms with Crippen molar-refractivity contribution in [2.24, 2.45) is 0 Å². The van der Waals surface area contributed by atoms with E-state index < -0.39 is 5.41 Å². The molecule has 27 heavy (non-hydrogen) atoms. The van der Waals surface area contributed by atoms with Crippen molar-refractivity contribution >= 4 is 44.0 Å². The van der Waals surface area contributed by atoms with Crippen molar-refractivity contribution in [3.05, 3.63) is 46.4 Å². The molecular weight excluding hydrogens is 383 g/mol. The third-order valence-corrected chi connectivity index (χ3v) is 7.73. The minimum atomic E-state index is -0.442. The number of halogens is 1. The molecule has 2 aliphatic rings. The maximum atomic E-state index is 13.4. The second kappa shape index (κ2) is 6.56. The molecule has 0 spiro atoms. The van der Waals surface area contributed by atoms with Gasteiger partial charge in [0.1, 0.15) is 17.3 Å². The van der Waals surface area contributed by atoms with Crippen LogP contribution in [0.3, 0.4) is 0 Å². The second-order valence-corrected chi connectivity index (χ2v) is 9.26. The Bertz CT molecular complexity index is 973. The Morgan fingerprint density at radius 1 is 1.26 bits per heavy atom. The molecule has 1 aliphatic carbocycles. The van der Waals surface area contributed by atoms with Gasteiger partial charge < -0.3 is 9.64 Å². The standard InChI is InChI=1S/C20H19FN2O2S2/c21-13-5-6-15-16(10-13)27-19(22-15)23-11-14(12-23)25-18(24)20(7-1-2-8-20)17-4-3-9-26-17/h3-6,9-10,14H,1-2,7-8,11-12H2. The van der Waals surface area contributed by atoms with Crippen LogP contribution in [0.5, 0.6) is 0 Å². The van der Waals surface area contributed by atoms with Crippen molar-refractivity contribution in [1.82, 2.24) is 4.98 Å². The average molecular weight is 403 g/mol. The van der Waals surface area contributed by atoms with Crippen molar-refractivity contribution < 1.29 is 13.9 Å². The van der Waals surface area contributed by atoms with Crippen molar-refractivity contribution in [2.75, 3.05) is 18.0 Å². The predicted molar refractivity (Wildman–Crippen MR) is 106 cm³/mol. The lowest BCUT2D eigenvalue weighted by molar-refractivity contribution is -0.157. The van der Waals surface area contributed by atoms with E-state index in [2.05, 4.69) is 16.0 Å². The van der Waals surface area contributed by atoms with E-state index in [0.717, 1.165) is 45.9 Å². The number of benzene rings is 1. The summed E-state index contributed by atoms with van der Waals surface area (Å²) >= 11 is 3.13. The van der Waals surface area contributed by atoms with Crippen molar-refractivity contribution in [3.8, 4) is 0 Å². The van der Waals surface area contributed by atoms with Gasteiger partial charge in [0.2, 0.25) is 0 Å². The summed E-state index contributed by atoms with van der Waals surface area (Å²) in [7, 11) is 0. The molecule has 1 saturated carbocycles. The number of rotatable bonds is 4. The molecule has 0 unspecified atom stereocenters. The van der Waals surface area contributed by atoms with Gasteiger partial charge in [-0.2, -0.15) is 0 Å². The van der Waals surface area contributed by atoms with Crippen LogP contribution < -0.4 is 4.90 Å². The van der Waals surface area contributed by atoms with E-state index in [1.807, 2.05) is 11.4 Å². The Balaban J connectivity index is 1.26. The average Bonchev–Trinajstić information content (AvgIpc) is 3.36. The fourth-order valence-corrected chi connectivity index (χ4v) is 6.02. The quantitative estimate of drug-likeness (QED) is 0.591. The van der Waals surface area contributed by atoms with Gasteiger partial charge in [-0.05, 0) is 42.5 Å². The molecule has 0 amide bonds. The summed E-state index contributed by atoms with van der Waals surface area (Å²) in [5.74, 6) is -0.318. The van der Waals surface area contributed by atoms with Crippen LogP contribution in [0.2, 0.25) is 0 Å². The first-order valence-electron chi connectivity index (χ1n) is 9.20. The maximum absolute atomic E-state index is 13.4. The molecule has 4 nitrogen and oxygen atoms in total. The summed E-state index contributed by atoms with van der Waals surface area (Å²) in [6.07, 6.45) is 3.81. The maximum Gasteiger partial charge on any atom is 0.317 e. The van der Waals surface area contributed by atoms with Crippen LogP contribution in [0.4, 0.5) is 9.52 Å². The summed E-state index contributed by atoms with van der Waals surface area (Å²) in [5, 5.41) is 2.89. The molecule has 1 aromatic carbocycles. The molecule has 1 saturated heterocycles. The molecule has 1 aliphatic heterocycles. The number of esters is 1. The number of hydrogen-bond acceptors (Lipinski definition) is 6. The monoisotopic (exact) mass is 402 g/mol. The Morgan fingerprint density at radius 3 is 2.81 bits per heavy atom. The van der Waals surface area contributed by atoms with E-state index in [9.17, 15) is 9.18 Å². The van der Waals surface area contributed by atoms with Gasteiger partial charge in [-0.25, -0.2) is 9.37 Å². The fourth-order valence-electron chi connectivity index (χ4n) is 4.04. The van der Waals surface area contributed by atoms with E-state index in [-0.39, 0.29) is 17.9 Å². The van der Waals surface area contributed by atoms with E-state index in [1.165, 1.54) is 23.5 Å². The minimum absolute atomic E-state index is 0.0709. The third kappa shape index (κ3) is 2.93. The van der Waals surface area contributed by atoms with Crippen LogP contribution in [0.25, 0.3) is 10.2 Å². The highest BCUT2D eigenvalue weighted by Gasteiger charge is 2.47. The Hall–Kier alpha value is -1.99. The number of anilines is 1. The highest BCUT2D eigenvalue weighted by molar-refractivity contribution is 7.22. The van der Waals surface area contributed by atoms with E-state index >= 15 is 0 Å². The SMILES string of the molecule is O=C(OC1CN(c2nc3ccc(F)cc3s2)C1)C1(c2cccs2)CCCC1. The Morgan fingerprint density at radius 2 is 2.07 bits per heavy atom. The summed E-state index contributed by atoms with van der Waals surface area (Å²) < 4.78 is 20.1. The molecule has 3 aromatic rings. The third-order valence-electron chi connectivity index (χ3n) is 5.57. The topological polar surface area (TPSA) is 42.4 Å². The molecule has 0 N–H and O–H groups in total. The van der Waals surface area contributed by atoms with E-state index in [0.29, 0.717) is 13.1 Å². The van der Waals surface area contributed by atoms with Gasteiger partial charge in [-0.15, -0.1) is 11.3 Å². The minimum Gasteiger partial charge on any atom is -0.458 e. The van der Waals surface area contributed by atoms with Crippen LogP contribution in [-0.4, -0.2) is 30.1 Å². The molecule has 140 valence electrons. The highest BCUT2D eigenvalue weighted by atomic mass is 32.1. The van der Waals surface area contributed by atoms with Crippen molar-refractivity contribution in [2.45, 2.75) is 37.2 Å². The number of ether oxygens (including phenoxy) is 1. The Kier molecular flexibility index (Phi) is 4.16. The van der Waals surface area contributed by atoms with Crippen LogP contribution in [0.15, 0.2) is 35.7 Å². The molecule has 2 fully saturated rings. The van der Waals surface area contributed by atoms with Crippen LogP contribution in [-0.2, 0) is 14.9 Å². The van der Waals surface area contributed by atoms with Gasteiger partial charge >= 0.3 is 5.97 Å². The zero-order valence-corrected chi connectivity index (χ0v) is 16.3. The van der Waals surface area contributed by atoms with Gasteiger partial charge in [0.25, 0.3) is 0 Å². The number of fused-ring (bicyclic) bond motifs is 1. The largest absolute Gasteiger partial charge is 0.458 e. The zero-order chi connectivity index (χ0) is 18.4. The number of hydrogen-bond donors (Lipinski definition) is 0. The van der Waals surface area contributed by atoms with Crippen molar-refractivity contribution in [3.63, 3.8) is 0 Å². The number of carbonyl (C=O) groups excluding carboxylic acids is 1. The number of aromatic nitrogens is 1. The zero-order valence-electron chi connectivity index (χ0n) is 14.7. The molecule has 0 bridgehead atoms. The summed E-state index contributed by atoms with van der Waals surface area (Å²) in [6.45, 7) is 1.29. The van der Waals surface area contributed by atoms with Gasteiger partial charge in [-0.1, -0.05) is 30.2 Å². The molecule has 7 heteroatoms. The number of thiazole rings is 1.